The lowest BCUT2D eigenvalue weighted by molar-refractivity contribution is 0.00788. The zero-order valence-corrected chi connectivity index (χ0v) is 35.4. The minimum Gasteiger partial charge on any atom is -0.462 e. The summed E-state index contributed by atoms with van der Waals surface area (Å²) in [4.78, 5) is 47.8. The summed E-state index contributed by atoms with van der Waals surface area (Å²) >= 11 is 0. The number of hydrogen-bond donors (Lipinski definition) is 3. The number of nitrogens with one attached hydrogen (secondary N) is 2. The highest BCUT2D eigenvalue weighted by molar-refractivity contribution is 6.00. The molecule has 322 valence electrons. The Bertz CT molecular complexity index is 2190. The number of nitrogens with zero attached hydrogens (tertiary/aromatic N) is 6. The number of carbonyl (C=O) groups excluding carboxylic acids is 2. The Morgan fingerprint density at radius 3 is 1.59 bits per heavy atom. The molecule has 2 saturated carbocycles. The van der Waals surface area contributed by atoms with Crippen molar-refractivity contribution in [3.05, 3.63) is 82.7 Å². The Kier molecular flexibility index (Phi) is 12.9. The first kappa shape index (κ1) is 41.5. The molecule has 2 aliphatic heterocycles. The number of carbonyl (C=O) groups is 2. The molecular weight excluding hydrogens is 771 g/mol. The summed E-state index contributed by atoms with van der Waals surface area (Å²) in [6, 6.07) is 13.8. The van der Waals surface area contributed by atoms with Gasteiger partial charge in [-0.1, -0.05) is 18.2 Å². The van der Waals surface area contributed by atoms with Crippen molar-refractivity contribution in [2.75, 3.05) is 76.4 Å². The molecule has 0 atom stereocenters. The van der Waals surface area contributed by atoms with Gasteiger partial charge in [-0.25, -0.2) is 24.7 Å². The fraction of sp³-hybridized carbons (Fsp3) is 0.532. The van der Waals surface area contributed by atoms with E-state index in [2.05, 4.69) is 40.4 Å². The first-order valence-corrected chi connectivity index (χ1v) is 22.5. The number of morpholine rings is 2. The standard InChI is InChI=1S/C24H30N4O3.C23H29N5O2/c1-2-31-24(29)17-4-3-16-14-21-22(20(16)13-17)23(26-15-25-21)27-18-5-7-19(8-6-18)28-9-11-30-12-10-28;24-13-21(29)16-2-1-15-12-20-22(19(15)11-16)23(26-14-25-20)27-17-3-5-18(6-4-17)28-7-9-30-10-8-28/h3-4,13,15,18-19H,2,5-12,14H2,1H3,(H,25,26,27);1-2,11,14,17-18H,3-10,12-13,24H2,(H,25,26,27). The van der Waals surface area contributed by atoms with Crippen molar-refractivity contribution in [1.82, 2.24) is 29.7 Å². The van der Waals surface area contributed by atoms with Crippen molar-refractivity contribution in [3.63, 3.8) is 0 Å². The molecule has 2 aromatic carbocycles. The molecule has 4 aromatic rings. The lowest BCUT2D eigenvalue weighted by Crippen LogP contribution is -2.46. The SMILES string of the molecule is CCOC(=O)c1ccc2c(c1)-c1c(ncnc1NC1CCC(N3CCOCC3)CC1)C2.NCC(=O)c1ccc2c(c1)-c1c(ncnc1NC1CCC(N3CCOCC3)CC1)C2. The number of nitrogens with two attached hydrogens (primary N) is 1. The molecule has 4 heterocycles. The number of rotatable bonds is 10. The quantitative estimate of drug-likeness (QED) is 0.116. The topological polar surface area (TPSA) is 170 Å². The third-order valence-corrected chi connectivity index (χ3v) is 13.5. The Morgan fingerprint density at radius 1 is 0.672 bits per heavy atom. The Hall–Kier alpha value is -4.86. The summed E-state index contributed by atoms with van der Waals surface area (Å²) in [5, 5.41) is 7.41. The van der Waals surface area contributed by atoms with Gasteiger partial charge in [-0.05, 0) is 98.7 Å². The highest BCUT2D eigenvalue weighted by Gasteiger charge is 2.32. The van der Waals surface area contributed by atoms with Gasteiger partial charge >= 0.3 is 5.97 Å². The summed E-state index contributed by atoms with van der Waals surface area (Å²) in [6.07, 6.45) is 14.2. The largest absolute Gasteiger partial charge is 0.462 e. The van der Waals surface area contributed by atoms with E-state index in [1.54, 1.807) is 12.7 Å². The predicted octanol–water partition coefficient (Wildman–Crippen LogP) is 5.52. The van der Waals surface area contributed by atoms with Gasteiger partial charge in [0.2, 0.25) is 0 Å². The second-order valence-electron chi connectivity index (χ2n) is 17.1. The van der Waals surface area contributed by atoms with Gasteiger partial charge in [0.25, 0.3) is 0 Å². The Labute approximate surface area is 358 Å². The summed E-state index contributed by atoms with van der Waals surface area (Å²) in [5.41, 5.74) is 15.4. The molecule has 2 aromatic heterocycles. The summed E-state index contributed by atoms with van der Waals surface area (Å²) in [7, 11) is 0. The Morgan fingerprint density at radius 2 is 1.13 bits per heavy atom. The average molecular weight is 830 g/mol. The van der Waals surface area contributed by atoms with E-state index in [-0.39, 0.29) is 18.3 Å². The van der Waals surface area contributed by atoms with Crippen LogP contribution in [0.15, 0.2) is 49.1 Å². The number of anilines is 2. The number of Topliss-reactive ketones (excluding diaryl/α,β-unsaturated/α-hetero) is 1. The highest BCUT2D eigenvalue weighted by Crippen LogP contribution is 2.42. The number of benzene rings is 2. The van der Waals surface area contributed by atoms with Crippen molar-refractivity contribution in [3.8, 4) is 22.3 Å². The van der Waals surface area contributed by atoms with E-state index < -0.39 is 0 Å². The number of ketones is 1. The zero-order chi connectivity index (χ0) is 41.7. The first-order chi connectivity index (χ1) is 29.9. The number of fused-ring (bicyclic) bond motifs is 6. The van der Waals surface area contributed by atoms with Gasteiger partial charge in [-0.2, -0.15) is 0 Å². The van der Waals surface area contributed by atoms with Gasteiger partial charge in [0.1, 0.15) is 24.3 Å². The molecule has 4 aliphatic carbocycles. The van der Waals surface area contributed by atoms with Gasteiger partial charge in [0.05, 0.1) is 56.5 Å². The normalized spacial score (nSPS) is 23.4. The Balaban J connectivity index is 0.000000156. The third-order valence-electron chi connectivity index (χ3n) is 13.5. The average Bonchev–Trinajstić information content (AvgIpc) is 3.89. The predicted molar refractivity (Wildman–Crippen MR) is 234 cm³/mol. The van der Waals surface area contributed by atoms with Crippen LogP contribution in [-0.2, 0) is 27.1 Å². The summed E-state index contributed by atoms with van der Waals surface area (Å²) in [6.45, 7) is 9.89. The molecule has 10 rings (SSSR count). The van der Waals surface area contributed by atoms with Crippen LogP contribution in [-0.4, -0.2) is 131 Å². The maximum absolute atomic E-state index is 12.2. The van der Waals surface area contributed by atoms with E-state index in [0.717, 1.165) is 136 Å². The van der Waals surface area contributed by atoms with Crippen LogP contribution in [0.4, 0.5) is 11.6 Å². The maximum Gasteiger partial charge on any atom is 0.338 e. The van der Waals surface area contributed by atoms with Crippen molar-refractivity contribution < 1.29 is 23.8 Å². The molecule has 4 fully saturated rings. The molecule has 0 bridgehead atoms. The van der Waals surface area contributed by atoms with E-state index in [1.165, 1.54) is 36.8 Å². The number of esters is 1. The van der Waals surface area contributed by atoms with E-state index in [1.807, 2.05) is 43.3 Å². The monoisotopic (exact) mass is 829 g/mol. The molecular formula is C47H59N9O5. The van der Waals surface area contributed by atoms with Crippen LogP contribution < -0.4 is 16.4 Å². The molecule has 61 heavy (non-hydrogen) atoms. The number of ether oxygens (including phenoxy) is 3. The third kappa shape index (κ3) is 9.19. The van der Waals surface area contributed by atoms with Crippen LogP contribution >= 0.6 is 0 Å². The second kappa shape index (κ2) is 19.0. The van der Waals surface area contributed by atoms with Gasteiger partial charge in [-0.15, -0.1) is 0 Å². The minimum absolute atomic E-state index is 0.0222. The first-order valence-electron chi connectivity index (χ1n) is 22.5. The van der Waals surface area contributed by atoms with Gasteiger partial charge in [-0.3, -0.25) is 14.6 Å². The molecule has 2 saturated heterocycles. The molecule has 14 nitrogen and oxygen atoms in total. The fourth-order valence-corrected chi connectivity index (χ4v) is 10.3. The lowest BCUT2D eigenvalue weighted by Gasteiger charge is -2.39. The molecule has 4 N–H and O–H groups in total. The van der Waals surface area contributed by atoms with Crippen molar-refractivity contribution in [2.45, 2.75) is 95.3 Å². The maximum atomic E-state index is 12.2. The number of aromatic nitrogens is 4. The highest BCUT2D eigenvalue weighted by atomic mass is 16.5. The van der Waals surface area contributed by atoms with Crippen LogP contribution in [0.1, 0.15) is 102 Å². The zero-order valence-electron chi connectivity index (χ0n) is 35.4. The van der Waals surface area contributed by atoms with Crippen molar-refractivity contribution >= 4 is 23.4 Å². The van der Waals surface area contributed by atoms with Crippen LogP contribution in [0.3, 0.4) is 0 Å². The molecule has 0 spiro atoms. The van der Waals surface area contributed by atoms with Crippen molar-refractivity contribution in [1.29, 1.82) is 0 Å². The molecule has 6 aliphatic rings. The van der Waals surface area contributed by atoms with E-state index in [4.69, 9.17) is 19.9 Å². The number of hydrogen-bond acceptors (Lipinski definition) is 14. The van der Waals surface area contributed by atoms with Crippen LogP contribution in [0, 0.1) is 0 Å². The van der Waals surface area contributed by atoms with Gasteiger partial charge in [0.15, 0.2) is 5.78 Å². The molecule has 14 heteroatoms. The second-order valence-corrected chi connectivity index (χ2v) is 17.1. The fourth-order valence-electron chi connectivity index (χ4n) is 10.3. The van der Waals surface area contributed by atoms with Crippen LogP contribution in [0.2, 0.25) is 0 Å². The van der Waals surface area contributed by atoms with E-state index >= 15 is 0 Å². The summed E-state index contributed by atoms with van der Waals surface area (Å²) < 4.78 is 16.2. The van der Waals surface area contributed by atoms with Crippen molar-refractivity contribution in [2.24, 2.45) is 5.73 Å². The molecule has 0 radical (unpaired) electrons. The smallest absolute Gasteiger partial charge is 0.338 e. The molecule has 0 amide bonds. The molecule has 0 unspecified atom stereocenters. The summed E-state index contributed by atoms with van der Waals surface area (Å²) in [5.74, 6) is 1.45. The lowest BCUT2D eigenvalue weighted by atomic mass is 9.89. The van der Waals surface area contributed by atoms with Crippen LogP contribution in [0.25, 0.3) is 22.3 Å². The van der Waals surface area contributed by atoms with Crippen LogP contribution in [0.5, 0.6) is 0 Å². The van der Waals surface area contributed by atoms with E-state index in [9.17, 15) is 9.59 Å². The van der Waals surface area contributed by atoms with E-state index in [0.29, 0.717) is 41.9 Å². The minimum atomic E-state index is -0.286. The van der Waals surface area contributed by atoms with Gasteiger partial charge < -0.3 is 30.6 Å². The van der Waals surface area contributed by atoms with Gasteiger partial charge in [0, 0.05) is 79.9 Å².